The summed E-state index contributed by atoms with van der Waals surface area (Å²) in [4.78, 5) is 24.9. The molecule has 2 amide bonds. The Kier molecular flexibility index (Phi) is 4.71. The van der Waals surface area contributed by atoms with Crippen LogP contribution in [0.3, 0.4) is 0 Å². The van der Waals surface area contributed by atoms with Crippen molar-refractivity contribution in [2.75, 3.05) is 19.6 Å². The number of halogens is 1. The van der Waals surface area contributed by atoms with Gasteiger partial charge in [0.25, 0.3) is 5.91 Å². The summed E-state index contributed by atoms with van der Waals surface area (Å²) in [6.45, 7) is 3.64. The van der Waals surface area contributed by atoms with Gasteiger partial charge in [0.05, 0.1) is 0 Å². The van der Waals surface area contributed by atoms with Crippen molar-refractivity contribution in [2.45, 2.75) is 19.8 Å². The van der Waals surface area contributed by atoms with Crippen molar-refractivity contribution < 1.29 is 14.0 Å². The van der Waals surface area contributed by atoms with Crippen LogP contribution in [0.1, 0.15) is 30.1 Å². The summed E-state index contributed by atoms with van der Waals surface area (Å²) in [5.41, 5.74) is 0.339. The van der Waals surface area contributed by atoms with Crippen molar-refractivity contribution in [1.82, 2.24) is 10.2 Å². The molecule has 2 rings (SSSR count). The number of hydrogen-bond acceptors (Lipinski definition) is 2. The first-order valence-electron chi connectivity index (χ1n) is 6.85. The molecule has 5 heteroatoms. The Balaban J connectivity index is 1.79. The minimum Gasteiger partial charge on any atom is -0.352 e. The molecule has 0 unspecified atom stereocenters. The van der Waals surface area contributed by atoms with E-state index in [9.17, 15) is 14.0 Å². The van der Waals surface area contributed by atoms with E-state index in [-0.39, 0.29) is 11.8 Å². The maximum absolute atomic E-state index is 13.0. The quantitative estimate of drug-likeness (QED) is 0.916. The van der Waals surface area contributed by atoms with E-state index in [1.807, 2.05) is 4.90 Å². The molecule has 0 atom stereocenters. The van der Waals surface area contributed by atoms with Crippen LogP contribution in [-0.2, 0) is 4.79 Å². The Morgan fingerprint density at radius 3 is 2.65 bits per heavy atom. The highest BCUT2D eigenvalue weighted by molar-refractivity contribution is 5.94. The third-order valence-electron chi connectivity index (χ3n) is 3.70. The maximum atomic E-state index is 13.0. The van der Waals surface area contributed by atoms with Gasteiger partial charge in [-0.2, -0.15) is 0 Å². The zero-order chi connectivity index (χ0) is 14.5. The van der Waals surface area contributed by atoms with Gasteiger partial charge in [0.15, 0.2) is 0 Å². The van der Waals surface area contributed by atoms with Gasteiger partial charge < -0.3 is 10.2 Å². The third kappa shape index (κ3) is 3.79. The highest BCUT2D eigenvalue weighted by Gasteiger charge is 2.21. The molecule has 0 radical (unpaired) electrons. The highest BCUT2D eigenvalue weighted by Crippen LogP contribution is 2.16. The van der Waals surface area contributed by atoms with E-state index in [2.05, 4.69) is 5.32 Å². The molecule has 1 fully saturated rings. The van der Waals surface area contributed by atoms with Crippen molar-refractivity contribution in [3.63, 3.8) is 0 Å². The SMILES string of the molecule is CC(=O)N1CCC(CNC(=O)c2cccc(F)c2)CC1. The summed E-state index contributed by atoms with van der Waals surface area (Å²) in [6, 6.07) is 5.66. The van der Waals surface area contributed by atoms with Crippen LogP contribution in [0.2, 0.25) is 0 Å². The van der Waals surface area contributed by atoms with Gasteiger partial charge in [-0.25, -0.2) is 4.39 Å². The molecular weight excluding hydrogens is 259 g/mol. The van der Waals surface area contributed by atoms with Crippen molar-refractivity contribution in [3.05, 3.63) is 35.6 Å². The lowest BCUT2D eigenvalue weighted by Gasteiger charge is -2.31. The minimum atomic E-state index is -0.410. The largest absolute Gasteiger partial charge is 0.352 e. The number of likely N-dealkylation sites (tertiary alicyclic amines) is 1. The second kappa shape index (κ2) is 6.50. The van der Waals surface area contributed by atoms with Gasteiger partial charge in [-0.05, 0) is 37.0 Å². The molecule has 1 aliphatic heterocycles. The molecule has 0 aromatic heterocycles. The van der Waals surface area contributed by atoms with Crippen molar-refractivity contribution in [1.29, 1.82) is 0 Å². The number of nitrogens with one attached hydrogen (secondary N) is 1. The topological polar surface area (TPSA) is 49.4 Å². The summed E-state index contributed by atoms with van der Waals surface area (Å²) in [6.07, 6.45) is 1.78. The molecule has 0 aliphatic carbocycles. The molecule has 1 N–H and O–H groups in total. The van der Waals surface area contributed by atoms with Crippen LogP contribution < -0.4 is 5.32 Å². The van der Waals surface area contributed by atoms with Crippen molar-refractivity contribution in [3.8, 4) is 0 Å². The van der Waals surface area contributed by atoms with Crippen LogP contribution in [-0.4, -0.2) is 36.3 Å². The molecular formula is C15H19FN2O2. The van der Waals surface area contributed by atoms with Crippen LogP contribution >= 0.6 is 0 Å². The monoisotopic (exact) mass is 278 g/mol. The van der Waals surface area contributed by atoms with Crippen LogP contribution in [0.4, 0.5) is 4.39 Å². The van der Waals surface area contributed by atoms with E-state index in [4.69, 9.17) is 0 Å². The Morgan fingerprint density at radius 2 is 2.05 bits per heavy atom. The Bertz CT molecular complexity index is 496. The van der Waals surface area contributed by atoms with Crippen molar-refractivity contribution in [2.24, 2.45) is 5.92 Å². The summed E-state index contributed by atoms with van der Waals surface area (Å²) < 4.78 is 13.0. The fourth-order valence-corrected chi connectivity index (χ4v) is 2.42. The second-order valence-electron chi connectivity index (χ2n) is 5.17. The number of hydrogen-bond donors (Lipinski definition) is 1. The molecule has 0 bridgehead atoms. The molecule has 1 aliphatic rings. The van der Waals surface area contributed by atoms with Gasteiger partial charge in [0.1, 0.15) is 5.82 Å². The first-order chi connectivity index (χ1) is 9.56. The molecule has 20 heavy (non-hydrogen) atoms. The van der Waals surface area contributed by atoms with Crippen molar-refractivity contribution >= 4 is 11.8 Å². The summed E-state index contributed by atoms with van der Waals surface area (Å²) in [7, 11) is 0. The summed E-state index contributed by atoms with van der Waals surface area (Å²) >= 11 is 0. The predicted molar refractivity (Wildman–Crippen MR) is 73.7 cm³/mol. The number of nitrogens with zero attached hydrogens (tertiary/aromatic N) is 1. The molecule has 4 nitrogen and oxygen atoms in total. The van der Waals surface area contributed by atoms with Gasteiger partial charge in [-0.1, -0.05) is 6.07 Å². The molecule has 108 valence electrons. The minimum absolute atomic E-state index is 0.104. The average molecular weight is 278 g/mol. The van der Waals surface area contributed by atoms with E-state index in [0.717, 1.165) is 25.9 Å². The Hall–Kier alpha value is -1.91. The van der Waals surface area contributed by atoms with Crippen LogP contribution in [0.15, 0.2) is 24.3 Å². The first kappa shape index (κ1) is 14.5. The van der Waals surface area contributed by atoms with Gasteiger partial charge in [-0.3, -0.25) is 9.59 Å². The fourth-order valence-electron chi connectivity index (χ4n) is 2.42. The lowest BCUT2D eigenvalue weighted by atomic mass is 9.96. The smallest absolute Gasteiger partial charge is 0.251 e. The van der Waals surface area contributed by atoms with Crippen LogP contribution in [0.5, 0.6) is 0 Å². The summed E-state index contributed by atoms with van der Waals surface area (Å²) in [5, 5.41) is 2.83. The first-order valence-corrected chi connectivity index (χ1v) is 6.85. The number of piperidine rings is 1. The Morgan fingerprint density at radius 1 is 1.35 bits per heavy atom. The standard InChI is InChI=1S/C15H19FN2O2/c1-11(19)18-7-5-12(6-8-18)10-17-15(20)13-3-2-4-14(16)9-13/h2-4,9,12H,5-8,10H2,1H3,(H,17,20). The van der Waals surface area contributed by atoms with Gasteiger partial charge in [0.2, 0.25) is 5.91 Å². The molecule has 0 saturated carbocycles. The van der Waals surface area contributed by atoms with Gasteiger partial charge in [0, 0.05) is 32.1 Å². The zero-order valence-corrected chi connectivity index (χ0v) is 11.6. The third-order valence-corrected chi connectivity index (χ3v) is 3.70. The van der Waals surface area contributed by atoms with E-state index < -0.39 is 5.82 Å². The predicted octanol–water partition coefficient (Wildman–Crippen LogP) is 1.81. The lowest BCUT2D eigenvalue weighted by Crippen LogP contribution is -2.40. The maximum Gasteiger partial charge on any atom is 0.251 e. The summed E-state index contributed by atoms with van der Waals surface area (Å²) in [5.74, 6) is -0.179. The van der Waals surface area contributed by atoms with Gasteiger partial charge >= 0.3 is 0 Å². The van der Waals surface area contributed by atoms with Gasteiger partial charge in [-0.15, -0.1) is 0 Å². The second-order valence-corrected chi connectivity index (χ2v) is 5.17. The molecule has 1 saturated heterocycles. The van der Waals surface area contributed by atoms with E-state index in [0.29, 0.717) is 18.0 Å². The van der Waals surface area contributed by atoms with E-state index in [1.165, 1.54) is 18.2 Å². The molecule has 0 spiro atoms. The molecule has 1 heterocycles. The van der Waals surface area contributed by atoms with Crippen LogP contribution in [0, 0.1) is 11.7 Å². The lowest BCUT2D eigenvalue weighted by molar-refractivity contribution is -0.130. The van der Waals surface area contributed by atoms with Crippen LogP contribution in [0.25, 0.3) is 0 Å². The number of amides is 2. The number of rotatable bonds is 3. The highest BCUT2D eigenvalue weighted by atomic mass is 19.1. The number of benzene rings is 1. The van der Waals surface area contributed by atoms with E-state index in [1.54, 1.807) is 13.0 Å². The van der Waals surface area contributed by atoms with E-state index >= 15 is 0 Å². The Labute approximate surface area is 118 Å². The number of carbonyl (C=O) groups excluding carboxylic acids is 2. The molecule has 1 aromatic carbocycles. The normalized spacial score (nSPS) is 16.0. The zero-order valence-electron chi connectivity index (χ0n) is 11.6. The number of carbonyl (C=O) groups is 2. The fraction of sp³-hybridized carbons (Fsp3) is 0.467. The average Bonchev–Trinajstić information content (AvgIpc) is 2.45. The molecule has 1 aromatic rings.